The van der Waals surface area contributed by atoms with Crippen LogP contribution in [0.3, 0.4) is 0 Å². The molecular formula is C17H28IN3O. The Balaban J connectivity index is 0.00000242. The minimum absolute atomic E-state index is 0. The van der Waals surface area contributed by atoms with E-state index in [2.05, 4.69) is 42.4 Å². The van der Waals surface area contributed by atoms with Crippen LogP contribution in [-0.4, -0.2) is 38.1 Å². The van der Waals surface area contributed by atoms with Gasteiger partial charge in [0, 0.05) is 26.2 Å². The number of halogens is 1. The molecule has 1 aromatic carbocycles. The van der Waals surface area contributed by atoms with Crippen LogP contribution in [-0.2, 0) is 6.54 Å². The van der Waals surface area contributed by atoms with E-state index >= 15 is 0 Å². The van der Waals surface area contributed by atoms with Gasteiger partial charge < -0.3 is 15.0 Å². The largest absolute Gasteiger partial charge is 0.493 e. The second-order valence-corrected chi connectivity index (χ2v) is 5.93. The van der Waals surface area contributed by atoms with Crippen LogP contribution in [0.25, 0.3) is 0 Å². The van der Waals surface area contributed by atoms with E-state index in [-0.39, 0.29) is 24.0 Å². The van der Waals surface area contributed by atoms with E-state index in [1.165, 1.54) is 18.4 Å². The van der Waals surface area contributed by atoms with Crippen LogP contribution in [0, 0.1) is 12.8 Å². The second-order valence-electron chi connectivity index (χ2n) is 5.93. The molecule has 2 rings (SSSR count). The molecule has 0 bridgehead atoms. The molecule has 5 heteroatoms. The van der Waals surface area contributed by atoms with Crippen molar-refractivity contribution in [1.82, 2.24) is 10.2 Å². The van der Waals surface area contributed by atoms with Crippen molar-refractivity contribution in [2.75, 3.05) is 27.2 Å². The molecular weight excluding hydrogens is 389 g/mol. The highest BCUT2D eigenvalue weighted by atomic mass is 127. The lowest BCUT2D eigenvalue weighted by molar-refractivity contribution is 0.296. The van der Waals surface area contributed by atoms with Gasteiger partial charge in [0.1, 0.15) is 5.75 Å². The monoisotopic (exact) mass is 417 g/mol. The van der Waals surface area contributed by atoms with Crippen LogP contribution in [0.2, 0.25) is 0 Å². The number of rotatable bonds is 6. The lowest BCUT2D eigenvalue weighted by atomic mass is 10.1. The molecule has 0 amide bonds. The van der Waals surface area contributed by atoms with Crippen LogP contribution in [0.4, 0.5) is 0 Å². The van der Waals surface area contributed by atoms with E-state index < -0.39 is 0 Å². The third-order valence-electron chi connectivity index (χ3n) is 3.55. The van der Waals surface area contributed by atoms with Gasteiger partial charge in [-0.05, 0) is 44.2 Å². The molecule has 22 heavy (non-hydrogen) atoms. The fourth-order valence-corrected chi connectivity index (χ4v) is 2.09. The van der Waals surface area contributed by atoms with Gasteiger partial charge in [0.05, 0.1) is 13.2 Å². The van der Waals surface area contributed by atoms with Crippen molar-refractivity contribution in [1.29, 1.82) is 0 Å². The first-order valence-corrected chi connectivity index (χ1v) is 7.78. The number of benzene rings is 1. The quantitative estimate of drug-likeness (QED) is 0.438. The zero-order chi connectivity index (χ0) is 15.2. The molecule has 0 saturated heterocycles. The minimum Gasteiger partial charge on any atom is -0.493 e. The molecule has 1 fully saturated rings. The molecule has 0 aromatic heterocycles. The van der Waals surface area contributed by atoms with Crippen LogP contribution in [0.5, 0.6) is 5.75 Å². The molecule has 1 aliphatic carbocycles. The zero-order valence-corrected chi connectivity index (χ0v) is 16.4. The number of hydrogen-bond donors (Lipinski definition) is 1. The Morgan fingerprint density at radius 1 is 1.36 bits per heavy atom. The molecule has 4 nitrogen and oxygen atoms in total. The summed E-state index contributed by atoms with van der Waals surface area (Å²) in [6.07, 6.45) is 2.62. The van der Waals surface area contributed by atoms with E-state index in [1.54, 1.807) is 0 Å². The van der Waals surface area contributed by atoms with Gasteiger partial charge in [0.15, 0.2) is 5.96 Å². The molecule has 1 N–H and O–H groups in total. The molecule has 0 spiro atoms. The van der Waals surface area contributed by atoms with Gasteiger partial charge in [-0.1, -0.05) is 12.1 Å². The predicted octanol–water partition coefficient (Wildman–Crippen LogP) is 3.43. The van der Waals surface area contributed by atoms with Crippen molar-refractivity contribution in [3.8, 4) is 5.75 Å². The van der Waals surface area contributed by atoms with Gasteiger partial charge in [-0.25, -0.2) is 4.99 Å². The molecule has 1 aromatic rings. The van der Waals surface area contributed by atoms with E-state index in [9.17, 15) is 0 Å². The van der Waals surface area contributed by atoms with Gasteiger partial charge >= 0.3 is 0 Å². The average Bonchev–Trinajstić information content (AvgIpc) is 3.26. The number of ether oxygens (including phenoxy) is 1. The summed E-state index contributed by atoms with van der Waals surface area (Å²) in [5.41, 5.74) is 2.38. The molecule has 0 heterocycles. The van der Waals surface area contributed by atoms with Gasteiger partial charge in [0.2, 0.25) is 0 Å². The highest BCUT2D eigenvalue weighted by molar-refractivity contribution is 14.0. The number of hydrogen-bond acceptors (Lipinski definition) is 2. The number of nitrogens with one attached hydrogen (secondary N) is 1. The fraction of sp³-hybridized carbons (Fsp3) is 0.588. The first kappa shape index (κ1) is 19.1. The van der Waals surface area contributed by atoms with Gasteiger partial charge in [0.25, 0.3) is 0 Å². The summed E-state index contributed by atoms with van der Waals surface area (Å²) in [5, 5.41) is 3.28. The van der Waals surface area contributed by atoms with Crippen LogP contribution in [0.15, 0.2) is 23.2 Å². The Kier molecular flexibility index (Phi) is 8.00. The van der Waals surface area contributed by atoms with Gasteiger partial charge in [-0.3, -0.25) is 0 Å². The highest BCUT2D eigenvalue weighted by Gasteiger charge is 2.22. The lowest BCUT2D eigenvalue weighted by Crippen LogP contribution is -2.36. The second kappa shape index (κ2) is 9.22. The van der Waals surface area contributed by atoms with E-state index in [1.807, 2.05) is 19.0 Å². The summed E-state index contributed by atoms with van der Waals surface area (Å²) in [4.78, 5) is 6.67. The third kappa shape index (κ3) is 6.02. The summed E-state index contributed by atoms with van der Waals surface area (Å²) in [7, 11) is 4.00. The summed E-state index contributed by atoms with van der Waals surface area (Å²) in [5.74, 6) is 2.66. The molecule has 1 aliphatic rings. The fourth-order valence-electron chi connectivity index (χ4n) is 2.09. The SMILES string of the molecule is CCNC(=NCc1ccc(C)cc1OCC1CC1)N(C)C.I. The number of guanidine groups is 1. The maximum Gasteiger partial charge on any atom is 0.193 e. The molecule has 0 atom stereocenters. The lowest BCUT2D eigenvalue weighted by Gasteiger charge is -2.17. The van der Waals surface area contributed by atoms with Crippen molar-refractivity contribution in [2.45, 2.75) is 33.2 Å². The molecule has 0 unspecified atom stereocenters. The summed E-state index contributed by atoms with van der Waals surface area (Å²) in [6.45, 7) is 6.53. The highest BCUT2D eigenvalue weighted by Crippen LogP contribution is 2.30. The average molecular weight is 417 g/mol. The summed E-state index contributed by atoms with van der Waals surface area (Å²) >= 11 is 0. The maximum absolute atomic E-state index is 5.99. The van der Waals surface area contributed by atoms with Crippen molar-refractivity contribution < 1.29 is 4.74 Å². The molecule has 1 saturated carbocycles. The molecule has 0 radical (unpaired) electrons. The Bertz CT molecular complexity index is 499. The topological polar surface area (TPSA) is 36.9 Å². The first-order valence-electron chi connectivity index (χ1n) is 7.78. The van der Waals surface area contributed by atoms with Crippen molar-refractivity contribution in [3.63, 3.8) is 0 Å². The Morgan fingerprint density at radius 2 is 2.09 bits per heavy atom. The third-order valence-corrected chi connectivity index (χ3v) is 3.55. The Morgan fingerprint density at radius 3 is 2.68 bits per heavy atom. The van der Waals surface area contributed by atoms with E-state index in [0.717, 1.165) is 36.3 Å². The van der Waals surface area contributed by atoms with Crippen LogP contribution < -0.4 is 10.1 Å². The summed E-state index contributed by atoms with van der Waals surface area (Å²) in [6, 6.07) is 6.37. The molecule has 0 aliphatic heterocycles. The van der Waals surface area contributed by atoms with Crippen molar-refractivity contribution >= 4 is 29.9 Å². The van der Waals surface area contributed by atoms with Gasteiger partial charge in [-0.15, -0.1) is 24.0 Å². The first-order chi connectivity index (χ1) is 10.1. The number of nitrogens with zero attached hydrogens (tertiary/aromatic N) is 2. The van der Waals surface area contributed by atoms with Crippen molar-refractivity contribution in [3.05, 3.63) is 29.3 Å². The molecule has 124 valence electrons. The normalized spacial score (nSPS) is 14.3. The van der Waals surface area contributed by atoms with E-state index in [0.29, 0.717) is 6.54 Å². The predicted molar refractivity (Wildman–Crippen MR) is 103 cm³/mol. The van der Waals surface area contributed by atoms with Gasteiger partial charge in [-0.2, -0.15) is 0 Å². The number of aliphatic imine (C=N–C) groups is 1. The van der Waals surface area contributed by atoms with Crippen LogP contribution >= 0.6 is 24.0 Å². The van der Waals surface area contributed by atoms with Crippen LogP contribution in [0.1, 0.15) is 30.9 Å². The van der Waals surface area contributed by atoms with Crippen molar-refractivity contribution in [2.24, 2.45) is 10.9 Å². The Labute approximate surface area is 151 Å². The Hall–Kier alpha value is -0.980. The number of aryl methyl sites for hydroxylation is 1. The maximum atomic E-state index is 5.99. The smallest absolute Gasteiger partial charge is 0.193 e. The zero-order valence-electron chi connectivity index (χ0n) is 14.1. The van der Waals surface area contributed by atoms with E-state index in [4.69, 9.17) is 4.74 Å². The standard InChI is InChI=1S/C17H27N3O.HI/c1-5-18-17(20(3)4)19-11-15-9-6-13(2)10-16(15)21-12-14-7-8-14;/h6,9-10,14H,5,7-8,11-12H2,1-4H3,(H,18,19);1H. The minimum atomic E-state index is 0. The summed E-state index contributed by atoms with van der Waals surface area (Å²) < 4.78 is 5.99.